The van der Waals surface area contributed by atoms with Crippen LogP contribution in [0, 0.1) is 11.3 Å². The van der Waals surface area contributed by atoms with Crippen LogP contribution in [0.2, 0.25) is 0 Å². The molecule has 0 aromatic heterocycles. The lowest BCUT2D eigenvalue weighted by Crippen LogP contribution is -2.36. The monoisotopic (exact) mass is 426 g/mol. The normalized spacial score (nSPS) is 15.4. The highest BCUT2D eigenvalue weighted by Crippen LogP contribution is 2.24. The van der Waals surface area contributed by atoms with E-state index < -0.39 is 10.0 Å². The highest BCUT2D eigenvalue weighted by molar-refractivity contribution is 7.89. The fourth-order valence-corrected chi connectivity index (χ4v) is 4.62. The predicted molar refractivity (Wildman–Crippen MR) is 114 cm³/mol. The number of rotatable bonds is 9. The number of carbonyl (C=O) groups is 1. The van der Waals surface area contributed by atoms with E-state index in [1.165, 1.54) is 29.8 Å². The van der Waals surface area contributed by atoms with Gasteiger partial charge in [0, 0.05) is 25.1 Å². The molecule has 158 valence electrons. The molecule has 30 heavy (non-hydrogen) atoms. The van der Waals surface area contributed by atoms with Gasteiger partial charge in [-0.1, -0.05) is 30.3 Å². The van der Waals surface area contributed by atoms with Gasteiger partial charge in [-0.25, -0.2) is 13.1 Å². The zero-order chi connectivity index (χ0) is 21.4. The van der Waals surface area contributed by atoms with Crippen molar-refractivity contribution in [2.45, 2.75) is 30.2 Å². The summed E-state index contributed by atoms with van der Waals surface area (Å²) >= 11 is 0. The SMILES string of the molecule is N#CCCNS(=O)(=O)c1ccc(C(=O)NCC(c2ccccc2)N2CCCC2)cc1. The molecule has 7 nitrogen and oxygen atoms in total. The first-order valence-electron chi connectivity index (χ1n) is 10.0. The standard InChI is InChI=1S/C22H26N4O3S/c23-13-6-14-25-30(28,29)20-11-9-19(10-12-20)22(27)24-17-21(26-15-4-5-16-26)18-7-2-1-3-8-18/h1-3,7-12,21,25H,4-6,14-17H2,(H,24,27). The molecule has 0 aliphatic carbocycles. The first-order valence-corrected chi connectivity index (χ1v) is 11.5. The largest absolute Gasteiger partial charge is 0.350 e. The summed E-state index contributed by atoms with van der Waals surface area (Å²) in [5.41, 5.74) is 1.57. The molecule has 1 saturated heterocycles. The second-order valence-corrected chi connectivity index (χ2v) is 8.98. The number of hydrogen-bond acceptors (Lipinski definition) is 5. The number of carbonyl (C=O) groups excluding carboxylic acids is 1. The van der Waals surface area contributed by atoms with Gasteiger partial charge in [0.2, 0.25) is 10.0 Å². The van der Waals surface area contributed by atoms with Crippen LogP contribution in [0.4, 0.5) is 0 Å². The minimum Gasteiger partial charge on any atom is -0.350 e. The zero-order valence-electron chi connectivity index (χ0n) is 16.8. The molecule has 0 saturated carbocycles. The van der Waals surface area contributed by atoms with Gasteiger partial charge in [-0.2, -0.15) is 5.26 Å². The third-order valence-electron chi connectivity index (χ3n) is 5.18. The lowest BCUT2D eigenvalue weighted by molar-refractivity contribution is 0.0938. The van der Waals surface area contributed by atoms with Gasteiger partial charge in [0.15, 0.2) is 0 Å². The van der Waals surface area contributed by atoms with Gasteiger partial charge in [0.1, 0.15) is 0 Å². The maximum absolute atomic E-state index is 12.6. The number of sulfonamides is 1. The fourth-order valence-electron chi connectivity index (χ4n) is 3.59. The summed E-state index contributed by atoms with van der Waals surface area (Å²) in [6, 6.07) is 17.9. The minimum absolute atomic E-state index is 0.0540. The van der Waals surface area contributed by atoms with E-state index in [0.29, 0.717) is 12.1 Å². The van der Waals surface area contributed by atoms with E-state index in [4.69, 9.17) is 5.26 Å². The summed E-state index contributed by atoms with van der Waals surface area (Å²) in [4.78, 5) is 15.1. The van der Waals surface area contributed by atoms with Gasteiger partial charge < -0.3 is 5.32 Å². The van der Waals surface area contributed by atoms with E-state index in [1.807, 2.05) is 24.3 Å². The molecule has 1 heterocycles. The first-order chi connectivity index (χ1) is 14.5. The van der Waals surface area contributed by atoms with Gasteiger partial charge >= 0.3 is 0 Å². The van der Waals surface area contributed by atoms with Gasteiger partial charge in [-0.3, -0.25) is 9.69 Å². The van der Waals surface area contributed by atoms with E-state index in [1.54, 1.807) is 0 Å². The van der Waals surface area contributed by atoms with Gasteiger partial charge in [0.25, 0.3) is 5.91 Å². The Bertz CT molecular complexity index is 979. The molecule has 1 aliphatic heterocycles. The number of nitrogens with one attached hydrogen (secondary N) is 2. The van der Waals surface area contributed by atoms with E-state index in [9.17, 15) is 13.2 Å². The van der Waals surface area contributed by atoms with E-state index in [-0.39, 0.29) is 29.8 Å². The Balaban J connectivity index is 1.64. The van der Waals surface area contributed by atoms with Crippen LogP contribution in [0.25, 0.3) is 0 Å². The molecule has 2 N–H and O–H groups in total. The fraction of sp³-hybridized carbons (Fsp3) is 0.364. The highest BCUT2D eigenvalue weighted by Gasteiger charge is 2.24. The second-order valence-electron chi connectivity index (χ2n) is 7.21. The number of nitriles is 1. The smallest absolute Gasteiger partial charge is 0.251 e. The summed E-state index contributed by atoms with van der Waals surface area (Å²) in [6.07, 6.45) is 2.42. The van der Waals surface area contributed by atoms with Crippen molar-refractivity contribution < 1.29 is 13.2 Å². The van der Waals surface area contributed by atoms with Crippen molar-refractivity contribution in [1.29, 1.82) is 5.26 Å². The summed E-state index contributed by atoms with van der Waals surface area (Å²) in [7, 11) is -3.69. The number of amides is 1. The van der Waals surface area contributed by atoms with Crippen LogP contribution in [0.3, 0.4) is 0 Å². The summed E-state index contributed by atoms with van der Waals surface area (Å²) in [5, 5.41) is 11.5. The van der Waals surface area contributed by atoms with Crippen molar-refractivity contribution >= 4 is 15.9 Å². The van der Waals surface area contributed by atoms with Crippen LogP contribution in [0.5, 0.6) is 0 Å². The molecule has 8 heteroatoms. The Morgan fingerprint density at radius 2 is 1.73 bits per heavy atom. The zero-order valence-corrected chi connectivity index (χ0v) is 17.6. The average Bonchev–Trinajstić information content (AvgIpc) is 3.29. The summed E-state index contributed by atoms with van der Waals surface area (Å²) < 4.78 is 26.7. The summed E-state index contributed by atoms with van der Waals surface area (Å²) in [5.74, 6) is -0.239. The summed E-state index contributed by atoms with van der Waals surface area (Å²) in [6.45, 7) is 2.57. The molecule has 2 aromatic carbocycles. The van der Waals surface area contributed by atoms with Crippen molar-refractivity contribution in [1.82, 2.24) is 14.9 Å². The number of benzene rings is 2. The minimum atomic E-state index is -3.69. The first kappa shape index (κ1) is 22.0. The van der Waals surface area contributed by atoms with Crippen molar-refractivity contribution in [2.24, 2.45) is 0 Å². The van der Waals surface area contributed by atoms with Crippen LogP contribution in [0.15, 0.2) is 59.5 Å². The predicted octanol–water partition coefficient (Wildman–Crippen LogP) is 2.45. The highest BCUT2D eigenvalue weighted by atomic mass is 32.2. The van der Waals surface area contributed by atoms with Gasteiger partial charge in [-0.15, -0.1) is 0 Å². The molecule has 1 aliphatic rings. The topological polar surface area (TPSA) is 102 Å². The van der Waals surface area contributed by atoms with E-state index >= 15 is 0 Å². The molecule has 3 rings (SSSR count). The van der Waals surface area contributed by atoms with Gasteiger partial charge in [-0.05, 0) is 55.8 Å². The maximum Gasteiger partial charge on any atom is 0.251 e. The van der Waals surface area contributed by atoms with Crippen molar-refractivity contribution in [3.8, 4) is 6.07 Å². The lowest BCUT2D eigenvalue weighted by atomic mass is 10.1. The van der Waals surface area contributed by atoms with Crippen molar-refractivity contribution in [3.63, 3.8) is 0 Å². The van der Waals surface area contributed by atoms with Crippen LogP contribution < -0.4 is 10.0 Å². The molecule has 1 unspecified atom stereocenters. The number of likely N-dealkylation sites (tertiary alicyclic amines) is 1. The van der Waals surface area contributed by atoms with Gasteiger partial charge in [0.05, 0.1) is 17.0 Å². The molecule has 0 bridgehead atoms. The molecular weight excluding hydrogens is 400 g/mol. The molecule has 1 atom stereocenters. The third-order valence-corrected chi connectivity index (χ3v) is 6.65. The van der Waals surface area contributed by atoms with Crippen LogP contribution in [-0.2, 0) is 10.0 Å². The molecular formula is C22H26N4O3S. The Morgan fingerprint density at radius 3 is 2.37 bits per heavy atom. The maximum atomic E-state index is 12.6. The molecule has 1 fully saturated rings. The van der Waals surface area contributed by atoms with Crippen molar-refractivity contribution in [3.05, 3.63) is 65.7 Å². The van der Waals surface area contributed by atoms with Crippen LogP contribution >= 0.6 is 0 Å². The second kappa shape index (κ2) is 10.3. The number of nitrogens with zero attached hydrogens (tertiary/aromatic N) is 2. The molecule has 2 aromatic rings. The quantitative estimate of drug-likeness (QED) is 0.600. The third kappa shape index (κ3) is 5.66. The van der Waals surface area contributed by atoms with Crippen LogP contribution in [-0.4, -0.2) is 45.4 Å². The number of hydrogen-bond donors (Lipinski definition) is 2. The van der Waals surface area contributed by atoms with E-state index in [0.717, 1.165) is 25.9 Å². The average molecular weight is 427 g/mol. The Kier molecular flexibility index (Phi) is 7.57. The Morgan fingerprint density at radius 1 is 1.07 bits per heavy atom. The van der Waals surface area contributed by atoms with Crippen LogP contribution in [0.1, 0.15) is 41.2 Å². The molecule has 0 spiro atoms. The Hall–Kier alpha value is -2.73. The molecule has 1 amide bonds. The van der Waals surface area contributed by atoms with Crippen molar-refractivity contribution in [2.75, 3.05) is 26.2 Å². The molecule has 0 radical (unpaired) electrons. The lowest BCUT2D eigenvalue weighted by Gasteiger charge is -2.28. The van der Waals surface area contributed by atoms with E-state index in [2.05, 4.69) is 27.1 Å². The Labute approximate surface area is 177 Å².